The van der Waals surface area contributed by atoms with E-state index in [1.165, 1.54) is 0 Å². The lowest BCUT2D eigenvalue weighted by atomic mass is 10.1. The molecule has 0 fully saturated rings. The molecule has 0 bridgehead atoms. The molecule has 0 spiro atoms. The third kappa shape index (κ3) is 4.36. The summed E-state index contributed by atoms with van der Waals surface area (Å²) in [5.74, 6) is 0. The van der Waals surface area contributed by atoms with Gasteiger partial charge in [0.05, 0.1) is 22.5 Å². The number of thiazole rings is 1. The van der Waals surface area contributed by atoms with Gasteiger partial charge in [0, 0.05) is 12.4 Å². The van der Waals surface area contributed by atoms with Gasteiger partial charge in [0.15, 0.2) is 4.80 Å². The second kappa shape index (κ2) is 7.56. The maximum absolute atomic E-state index is 13.1. The fourth-order valence-electron chi connectivity index (χ4n) is 3.19. The predicted octanol–water partition coefficient (Wildman–Crippen LogP) is 7.18. The number of rotatable bonds is 2. The van der Waals surface area contributed by atoms with E-state index in [4.69, 9.17) is 0 Å². The molecule has 1 aromatic heterocycles. The molecule has 0 saturated heterocycles. The van der Waals surface area contributed by atoms with Crippen molar-refractivity contribution < 1.29 is 26.3 Å². The lowest BCUT2D eigenvalue weighted by molar-refractivity contribution is -0.143. The fraction of sp³-hybridized carbons (Fsp3) is 0.136. The molecule has 0 atom stereocenters. The van der Waals surface area contributed by atoms with Crippen LogP contribution in [0.4, 0.5) is 32.0 Å². The van der Waals surface area contributed by atoms with Crippen molar-refractivity contribution >= 4 is 27.8 Å². The molecule has 4 aromatic rings. The maximum atomic E-state index is 13.1. The molecule has 0 amide bonds. The van der Waals surface area contributed by atoms with Gasteiger partial charge in [-0.25, -0.2) is 4.99 Å². The molecule has 4 rings (SSSR count). The smallest absolute Gasteiger partial charge is 0.320 e. The van der Waals surface area contributed by atoms with Gasteiger partial charge in [0.25, 0.3) is 0 Å². The van der Waals surface area contributed by atoms with Crippen LogP contribution in [0.5, 0.6) is 0 Å². The standard InChI is InChI=1S/C22H14F6N2S/c1-30-19(15-7-6-13-4-2-3-5-14(13)8-15)12-31-20(30)29-18-10-16(21(23,24)25)9-17(11-18)22(26,27)28/h2-12H,1H3. The molecule has 0 aliphatic carbocycles. The minimum Gasteiger partial charge on any atom is -0.320 e. The Morgan fingerprint density at radius 2 is 1.39 bits per heavy atom. The van der Waals surface area contributed by atoms with Crippen molar-refractivity contribution in [2.75, 3.05) is 0 Å². The quantitative estimate of drug-likeness (QED) is 0.287. The Morgan fingerprint density at radius 1 is 0.774 bits per heavy atom. The van der Waals surface area contributed by atoms with Crippen molar-refractivity contribution in [1.29, 1.82) is 0 Å². The Kier molecular flexibility index (Phi) is 5.17. The summed E-state index contributed by atoms with van der Waals surface area (Å²) in [6.07, 6.45) is -9.83. The number of hydrogen-bond donors (Lipinski definition) is 0. The van der Waals surface area contributed by atoms with E-state index in [9.17, 15) is 26.3 Å². The van der Waals surface area contributed by atoms with Gasteiger partial charge in [-0.2, -0.15) is 26.3 Å². The normalized spacial score (nSPS) is 13.2. The fourth-order valence-corrected chi connectivity index (χ4v) is 4.12. The van der Waals surface area contributed by atoms with Crippen LogP contribution >= 0.6 is 11.3 Å². The van der Waals surface area contributed by atoms with Crippen molar-refractivity contribution in [3.8, 4) is 11.3 Å². The number of alkyl halides is 6. The predicted molar refractivity (Wildman–Crippen MR) is 108 cm³/mol. The van der Waals surface area contributed by atoms with Gasteiger partial charge in [-0.3, -0.25) is 0 Å². The van der Waals surface area contributed by atoms with Gasteiger partial charge in [0.1, 0.15) is 0 Å². The molecule has 0 unspecified atom stereocenters. The topological polar surface area (TPSA) is 17.3 Å². The summed E-state index contributed by atoms with van der Waals surface area (Å²) >= 11 is 1.13. The Hall–Kier alpha value is -3.07. The highest BCUT2D eigenvalue weighted by Crippen LogP contribution is 2.38. The summed E-state index contributed by atoms with van der Waals surface area (Å²) in [6, 6.07) is 14.9. The number of nitrogens with zero attached hydrogens (tertiary/aromatic N) is 2. The Bertz CT molecular complexity index is 1300. The molecule has 0 saturated carbocycles. The van der Waals surface area contributed by atoms with Crippen LogP contribution in [0.15, 0.2) is 71.0 Å². The van der Waals surface area contributed by atoms with E-state index < -0.39 is 29.2 Å². The molecule has 0 aliphatic heterocycles. The number of fused-ring (bicyclic) bond motifs is 1. The molecular weight excluding hydrogens is 438 g/mol. The van der Waals surface area contributed by atoms with Crippen LogP contribution in [0.1, 0.15) is 11.1 Å². The molecule has 2 nitrogen and oxygen atoms in total. The lowest BCUT2D eigenvalue weighted by Gasteiger charge is -2.12. The van der Waals surface area contributed by atoms with Gasteiger partial charge in [-0.1, -0.05) is 36.4 Å². The van der Waals surface area contributed by atoms with Crippen LogP contribution < -0.4 is 4.80 Å². The maximum Gasteiger partial charge on any atom is 0.416 e. The zero-order chi connectivity index (χ0) is 22.4. The molecule has 0 radical (unpaired) electrons. The van der Waals surface area contributed by atoms with Crippen LogP contribution in [0.3, 0.4) is 0 Å². The summed E-state index contributed by atoms with van der Waals surface area (Å²) in [5.41, 5.74) is -1.59. The molecule has 0 aliphatic rings. The van der Waals surface area contributed by atoms with E-state index in [-0.39, 0.29) is 10.9 Å². The van der Waals surface area contributed by atoms with Gasteiger partial charge in [-0.15, -0.1) is 11.3 Å². The molecule has 160 valence electrons. The van der Waals surface area contributed by atoms with Crippen LogP contribution in [-0.2, 0) is 19.4 Å². The van der Waals surface area contributed by atoms with E-state index in [1.54, 1.807) is 17.0 Å². The van der Waals surface area contributed by atoms with Gasteiger partial charge >= 0.3 is 12.4 Å². The third-order valence-corrected chi connectivity index (χ3v) is 5.68. The third-order valence-electron chi connectivity index (χ3n) is 4.77. The van der Waals surface area contributed by atoms with E-state index >= 15 is 0 Å². The van der Waals surface area contributed by atoms with E-state index in [0.29, 0.717) is 12.1 Å². The zero-order valence-corrected chi connectivity index (χ0v) is 16.7. The first-order valence-corrected chi connectivity index (χ1v) is 9.88. The summed E-state index contributed by atoms with van der Waals surface area (Å²) < 4.78 is 80.2. The van der Waals surface area contributed by atoms with Crippen molar-refractivity contribution in [2.24, 2.45) is 12.0 Å². The average molecular weight is 452 g/mol. The van der Waals surface area contributed by atoms with E-state index in [1.807, 2.05) is 42.5 Å². The Morgan fingerprint density at radius 3 is 2.00 bits per heavy atom. The number of aromatic nitrogens is 1. The summed E-state index contributed by atoms with van der Waals surface area (Å²) in [7, 11) is 1.66. The van der Waals surface area contributed by atoms with Crippen LogP contribution in [0.2, 0.25) is 0 Å². The average Bonchev–Trinajstić information content (AvgIpc) is 3.06. The summed E-state index contributed by atoms with van der Waals surface area (Å²) in [4.78, 5) is 4.35. The second-order valence-corrected chi connectivity index (χ2v) is 7.74. The van der Waals surface area contributed by atoms with Crippen molar-refractivity contribution in [3.63, 3.8) is 0 Å². The summed E-state index contributed by atoms with van der Waals surface area (Å²) in [6.45, 7) is 0. The largest absolute Gasteiger partial charge is 0.416 e. The number of benzene rings is 3. The van der Waals surface area contributed by atoms with Crippen molar-refractivity contribution in [1.82, 2.24) is 4.57 Å². The highest BCUT2D eigenvalue weighted by atomic mass is 32.1. The van der Waals surface area contributed by atoms with E-state index in [0.717, 1.165) is 33.4 Å². The van der Waals surface area contributed by atoms with Crippen LogP contribution in [-0.4, -0.2) is 4.57 Å². The highest BCUT2D eigenvalue weighted by Gasteiger charge is 2.36. The summed E-state index contributed by atoms with van der Waals surface area (Å²) in [5, 5.41) is 3.83. The van der Waals surface area contributed by atoms with E-state index in [2.05, 4.69) is 4.99 Å². The molecule has 3 aromatic carbocycles. The molecule has 31 heavy (non-hydrogen) atoms. The molecule has 0 N–H and O–H groups in total. The van der Waals surface area contributed by atoms with Gasteiger partial charge in [-0.05, 0) is 40.6 Å². The van der Waals surface area contributed by atoms with Crippen molar-refractivity contribution in [2.45, 2.75) is 12.4 Å². The molecular formula is C22H14F6N2S. The SMILES string of the molecule is Cn1c(-c2ccc3ccccc3c2)csc1=Nc1cc(C(F)(F)F)cc(C(F)(F)F)c1. The number of halogens is 6. The van der Waals surface area contributed by atoms with Crippen LogP contribution in [0.25, 0.3) is 22.0 Å². The molecule has 1 heterocycles. The first-order valence-electron chi connectivity index (χ1n) is 9.00. The van der Waals surface area contributed by atoms with Gasteiger partial charge < -0.3 is 4.57 Å². The first-order chi connectivity index (χ1) is 14.5. The minimum atomic E-state index is -4.92. The number of hydrogen-bond acceptors (Lipinski definition) is 2. The van der Waals surface area contributed by atoms with Crippen molar-refractivity contribution in [3.05, 3.63) is 82.0 Å². The monoisotopic (exact) mass is 452 g/mol. The first kappa shape index (κ1) is 21.2. The van der Waals surface area contributed by atoms with Crippen LogP contribution in [0, 0.1) is 0 Å². The highest BCUT2D eigenvalue weighted by molar-refractivity contribution is 7.07. The minimum absolute atomic E-state index is 0.0912. The Balaban J connectivity index is 1.82. The molecule has 9 heteroatoms. The zero-order valence-electron chi connectivity index (χ0n) is 15.9. The van der Waals surface area contributed by atoms with Gasteiger partial charge in [0.2, 0.25) is 0 Å². The second-order valence-electron chi connectivity index (χ2n) is 6.90. The Labute approximate surface area is 176 Å². The lowest BCUT2D eigenvalue weighted by Crippen LogP contribution is -2.12.